The van der Waals surface area contributed by atoms with Crippen LogP contribution in [0.2, 0.25) is 0 Å². The van der Waals surface area contributed by atoms with E-state index >= 15 is 0 Å². The molecule has 0 aromatic heterocycles. The number of aryl methyl sites for hydroxylation is 2. The van der Waals surface area contributed by atoms with Crippen LogP contribution in [0.3, 0.4) is 0 Å². The van der Waals surface area contributed by atoms with Crippen molar-refractivity contribution in [1.29, 1.82) is 0 Å². The van der Waals surface area contributed by atoms with Gasteiger partial charge >= 0.3 is 0 Å². The van der Waals surface area contributed by atoms with Crippen molar-refractivity contribution in [3.8, 4) is 0 Å². The summed E-state index contributed by atoms with van der Waals surface area (Å²) in [5, 5.41) is 1.13. The van der Waals surface area contributed by atoms with E-state index in [-0.39, 0.29) is 11.8 Å². The van der Waals surface area contributed by atoms with Gasteiger partial charge in [-0.2, -0.15) is 5.01 Å². The van der Waals surface area contributed by atoms with Crippen molar-refractivity contribution in [2.45, 2.75) is 13.8 Å². The molecule has 0 saturated carbocycles. The summed E-state index contributed by atoms with van der Waals surface area (Å²) in [6, 6.07) is 15.0. The van der Waals surface area contributed by atoms with Gasteiger partial charge in [0.2, 0.25) is 0 Å². The molecule has 126 valence electrons. The van der Waals surface area contributed by atoms with Crippen LogP contribution in [0.15, 0.2) is 53.4 Å². The molecule has 6 heteroatoms. The van der Waals surface area contributed by atoms with Crippen LogP contribution >= 0.6 is 24.0 Å². The predicted octanol–water partition coefficient (Wildman–Crippen LogP) is 3.85. The molecule has 0 unspecified atom stereocenters. The molecule has 0 radical (unpaired) electrons. The van der Waals surface area contributed by atoms with Crippen molar-refractivity contribution in [1.82, 2.24) is 10.4 Å². The molecule has 2 aromatic carbocycles. The highest BCUT2D eigenvalue weighted by Gasteiger charge is 2.33. The molecular formula is C19H16N2O2S2. The number of carbonyl (C=O) groups is 2. The molecule has 1 fully saturated rings. The third-order valence-corrected chi connectivity index (χ3v) is 5.07. The summed E-state index contributed by atoms with van der Waals surface area (Å²) < 4.78 is 0.310. The highest BCUT2D eigenvalue weighted by Crippen LogP contribution is 2.31. The Labute approximate surface area is 155 Å². The van der Waals surface area contributed by atoms with Gasteiger partial charge in [-0.15, -0.1) is 0 Å². The lowest BCUT2D eigenvalue weighted by Crippen LogP contribution is -2.45. The topological polar surface area (TPSA) is 49.4 Å². The Kier molecular flexibility index (Phi) is 5.01. The third-order valence-electron chi connectivity index (χ3n) is 3.77. The Morgan fingerprint density at radius 1 is 1.12 bits per heavy atom. The average Bonchev–Trinajstić information content (AvgIpc) is 2.85. The Bertz CT molecular complexity index is 889. The highest BCUT2D eigenvalue weighted by molar-refractivity contribution is 8.26. The maximum Gasteiger partial charge on any atom is 0.285 e. The van der Waals surface area contributed by atoms with Crippen molar-refractivity contribution < 1.29 is 9.59 Å². The second-order valence-corrected chi connectivity index (χ2v) is 7.36. The minimum absolute atomic E-state index is 0.310. The fourth-order valence-electron chi connectivity index (χ4n) is 2.37. The number of hydrogen-bond donors (Lipinski definition) is 1. The van der Waals surface area contributed by atoms with Gasteiger partial charge in [0.15, 0.2) is 4.32 Å². The molecule has 1 aliphatic rings. The molecular weight excluding hydrogens is 352 g/mol. The normalized spacial score (nSPS) is 15.8. The molecule has 2 aromatic rings. The van der Waals surface area contributed by atoms with Gasteiger partial charge in [-0.3, -0.25) is 15.0 Å². The molecule has 4 nitrogen and oxygen atoms in total. The smallest absolute Gasteiger partial charge is 0.267 e. The maximum atomic E-state index is 12.6. The van der Waals surface area contributed by atoms with Crippen LogP contribution < -0.4 is 5.43 Å². The van der Waals surface area contributed by atoms with Crippen molar-refractivity contribution in [2.75, 3.05) is 0 Å². The Morgan fingerprint density at radius 2 is 1.80 bits per heavy atom. The molecule has 1 heterocycles. The van der Waals surface area contributed by atoms with E-state index in [9.17, 15) is 9.59 Å². The number of thioether (sulfide) groups is 1. The van der Waals surface area contributed by atoms with Gasteiger partial charge < -0.3 is 0 Å². The summed E-state index contributed by atoms with van der Waals surface area (Å²) in [7, 11) is 0. The minimum Gasteiger partial charge on any atom is -0.267 e. The Hall–Kier alpha value is -2.44. The first-order valence-corrected chi connectivity index (χ1v) is 8.89. The molecule has 0 bridgehead atoms. The largest absolute Gasteiger partial charge is 0.285 e. The number of benzene rings is 2. The maximum absolute atomic E-state index is 12.6. The Morgan fingerprint density at radius 3 is 2.48 bits per heavy atom. The summed E-state index contributed by atoms with van der Waals surface area (Å²) >= 11 is 6.42. The number of nitrogens with zero attached hydrogens (tertiary/aromatic N) is 1. The van der Waals surface area contributed by atoms with E-state index in [4.69, 9.17) is 12.2 Å². The van der Waals surface area contributed by atoms with Gasteiger partial charge in [0, 0.05) is 5.56 Å². The quantitative estimate of drug-likeness (QED) is 0.660. The molecule has 0 atom stereocenters. The second kappa shape index (κ2) is 7.21. The zero-order chi connectivity index (χ0) is 18.0. The standard InChI is InChI=1S/C19H16N2O2S2/c1-12-7-9-14(10-8-12)11-16-18(23)21(19(24)25-16)20-17(22)15-6-4-3-5-13(15)2/h3-11H,1-2H3,(H,20,22)/b16-11+. The zero-order valence-electron chi connectivity index (χ0n) is 13.8. The van der Waals surface area contributed by atoms with E-state index in [0.717, 1.165) is 21.7 Å². The molecule has 1 saturated heterocycles. The van der Waals surface area contributed by atoms with Crippen LogP contribution in [0.25, 0.3) is 6.08 Å². The summed E-state index contributed by atoms with van der Waals surface area (Å²) in [6.45, 7) is 3.85. The SMILES string of the molecule is Cc1ccc(/C=C2/SC(=S)N(NC(=O)c3ccccc3C)C2=O)cc1. The third kappa shape index (κ3) is 3.81. The number of carbonyl (C=O) groups excluding carboxylic acids is 2. The van der Waals surface area contributed by atoms with Gasteiger partial charge in [-0.05, 0) is 49.3 Å². The number of thiocarbonyl (C=S) groups is 1. The number of hydrogen-bond acceptors (Lipinski definition) is 4. The number of amides is 2. The van der Waals surface area contributed by atoms with E-state index in [1.165, 1.54) is 11.8 Å². The first kappa shape index (κ1) is 17.4. The lowest BCUT2D eigenvalue weighted by molar-refractivity contribution is -0.123. The van der Waals surface area contributed by atoms with E-state index in [1.807, 2.05) is 50.2 Å². The summed E-state index contributed by atoms with van der Waals surface area (Å²) in [6.07, 6.45) is 1.78. The molecule has 0 aliphatic carbocycles. The molecule has 0 spiro atoms. The van der Waals surface area contributed by atoms with E-state index in [2.05, 4.69) is 5.43 Å². The van der Waals surface area contributed by atoms with Gasteiger partial charge in [-0.1, -0.05) is 59.8 Å². The van der Waals surface area contributed by atoms with Crippen LogP contribution in [0.1, 0.15) is 27.0 Å². The summed E-state index contributed by atoms with van der Waals surface area (Å²) in [5.74, 6) is -0.677. The van der Waals surface area contributed by atoms with E-state index < -0.39 is 0 Å². The zero-order valence-corrected chi connectivity index (χ0v) is 15.4. The highest BCUT2D eigenvalue weighted by atomic mass is 32.2. The molecule has 25 heavy (non-hydrogen) atoms. The fraction of sp³-hybridized carbons (Fsp3) is 0.105. The van der Waals surface area contributed by atoms with Crippen LogP contribution in [-0.4, -0.2) is 21.1 Å². The van der Waals surface area contributed by atoms with Crippen LogP contribution in [0.5, 0.6) is 0 Å². The lowest BCUT2D eigenvalue weighted by atomic mass is 10.1. The van der Waals surface area contributed by atoms with Crippen LogP contribution in [0.4, 0.5) is 0 Å². The van der Waals surface area contributed by atoms with Crippen LogP contribution in [0, 0.1) is 13.8 Å². The fourth-order valence-corrected chi connectivity index (χ4v) is 3.55. The van der Waals surface area contributed by atoms with Gasteiger partial charge in [0.25, 0.3) is 11.8 Å². The Balaban J connectivity index is 1.79. The molecule has 2 amide bonds. The van der Waals surface area contributed by atoms with E-state index in [1.54, 1.807) is 18.2 Å². The van der Waals surface area contributed by atoms with E-state index in [0.29, 0.717) is 14.8 Å². The first-order chi connectivity index (χ1) is 12.0. The lowest BCUT2D eigenvalue weighted by Gasteiger charge is -2.16. The van der Waals surface area contributed by atoms with Gasteiger partial charge in [0.05, 0.1) is 4.91 Å². The number of rotatable bonds is 3. The summed E-state index contributed by atoms with van der Waals surface area (Å²) in [4.78, 5) is 25.5. The van der Waals surface area contributed by atoms with Gasteiger partial charge in [0.1, 0.15) is 0 Å². The van der Waals surface area contributed by atoms with Crippen molar-refractivity contribution in [2.24, 2.45) is 0 Å². The average molecular weight is 368 g/mol. The van der Waals surface area contributed by atoms with Gasteiger partial charge in [-0.25, -0.2) is 0 Å². The monoisotopic (exact) mass is 368 g/mol. The van der Waals surface area contributed by atoms with Crippen molar-refractivity contribution >= 4 is 46.2 Å². The summed E-state index contributed by atoms with van der Waals surface area (Å²) in [5.41, 5.74) is 6.01. The number of nitrogens with one attached hydrogen (secondary N) is 1. The first-order valence-electron chi connectivity index (χ1n) is 7.67. The minimum atomic E-state index is -0.356. The second-order valence-electron chi connectivity index (χ2n) is 5.68. The predicted molar refractivity (Wildman–Crippen MR) is 105 cm³/mol. The van der Waals surface area contributed by atoms with Crippen molar-refractivity contribution in [3.05, 3.63) is 75.7 Å². The number of hydrazine groups is 1. The van der Waals surface area contributed by atoms with Crippen molar-refractivity contribution in [3.63, 3.8) is 0 Å². The van der Waals surface area contributed by atoms with Crippen LogP contribution in [-0.2, 0) is 4.79 Å². The molecule has 1 aliphatic heterocycles. The molecule has 1 N–H and O–H groups in total. The molecule has 3 rings (SSSR count).